The monoisotopic (exact) mass is 286 g/mol. The van der Waals surface area contributed by atoms with E-state index in [1.54, 1.807) is 0 Å². The fourth-order valence-corrected chi connectivity index (χ4v) is 3.63. The minimum absolute atomic E-state index is 0.0570. The van der Waals surface area contributed by atoms with E-state index < -0.39 is 5.23 Å². The van der Waals surface area contributed by atoms with Crippen LogP contribution in [0, 0.1) is 17.0 Å². The summed E-state index contributed by atoms with van der Waals surface area (Å²) >= 11 is 0. The lowest BCUT2D eigenvalue weighted by Gasteiger charge is -2.35. The zero-order valence-electron chi connectivity index (χ0n) is 12.3. The smallest absolute Gasteiger partial charge is 0.190 e. The Hall–Kier alpha value is -0.530. The normalized spacial score (nSPS) is 40.3. The molecule has 2 aliphatic rings. The van der Waals surface area contributed by atoms with Crippen molar-refractivity contribution in [3.05, 3.63) is 5.21 Å². The number of Topliss-reactive ketones (excluding diaryl/α,β-unsaturated/α-hetero) is 1. The van der Waals surface area contributed by atoms with Crippen LogP contribution in [0.25, 0.3) is 0 Å². The van der Waals surface area contributed by atoms with Crippen molar-refractivity contribution in [2.45, 2.75) is 57.7 Å². The number of nitrogens with two attached hydrogens (primary N) is 1. The van der Waals surface area contributed by atoms with Gasteiger partial charge in [-0.2, -0.15) is 0 Å². The van der Waals surface area contributed by atoms with Crippen molar-refractivity contribution in [3.8, 4) is 0 Å². The minimum atomic E-state index is -0.752. The van der Waals surface area contributed by atoms with Crippen LogP contribution < -0.4 is 15.9 Å². The van der Waals surface area contributed by atoms with Crippen molar-refractivity contribution in [2.75, 3.05) is 13.1 Å². The maximum atomic E-state index is 12.4. The number of carbonyl (C=O) groups excluding carboxylic acids is 1. The van der Waals surface area contributed by atoms with Crippen molar-refractivity contribution in [1.29, 1.82) is 0 Å². The summed E-state index contributed by atoms with van der Waals surface area (Å²) in [7, 11) is 0. The van der Waals surface area contributed by atoms with Crippen LogP contribution in [0.4, 0.5) is 0 Å². The molecule has 2 fully saturated rings. The Balaban J connectivity index is 1.85. The molecule has 1 aliphatic heterocycles. The van der Waals surface area contributed by atoms with Crippen molar-refractivity contribution < 1.29 is 20.1 Å². The predicted octanol–water partition coefficient (Wildman–Crippen LogP) is -1.51. The Labute approximate surface area is 120 Å². The number of rotatable bonds is 4. The van der Waals surface area contributed by atoms with Gasteiger partial charge in [-0.15, -0.1) is 0 Å². The molecule has 6 nitrogen and oxygen atoms in total. The Morgan fingerprint density at radius 3 is 2.80 bits per heavy atom. The Morgan fingerprint density at radius 2 is 2.15 bits per heavy atom. The van der Waals surface area contributed by atoms with Crippen LogP contribution in [0.5, 0.6) is 0 Å². The van der Waals surface area contributed by atoms with Crippen LogP contribution in [0.1, 0.15) is 45.4 Å². The molecule has 1 aliphatic carbocycles. The summed E-state index contributed by atoms with van der Waals surface area (Å²) in [6, 6.07) is -0.331. The number of hydrogen-bond acceptors (Lipinski definition) is 4. The SMILES string of the molecule is CC1CC[NH+](CC(=O)C2CCCC([NH+]([O-])O)C2)C(N)C1. The van der Waals surface area contributed by atoms with Crippen molar-refractivity contribution in [2.24, 2.45) is 17.6 Å². The van der Waals surface area contributed by atoms with Gasteiger partial charge in [-0.05, 0) is 25.2 Å². The molecule has 116 valence electrons. The predicted molar refractivity (Wildman–Crippen MR) is 73.9 cm³/mol. The molecule has 0 aromatic heterocycles. The highest BCUT2D eigenvalue weighted by Crippen LogP contribution is 2.23. The third kappa shape index (κ3) is 3.99. The Morgan fingerprint density at radius 1 is 1.40 bits per heavy atom. The summed E-state index contributed by atoms with van der Waals surface area (Å²) in [5, 5.41) is 19.4. The molecule has 20 heavy (non-hydrogen) atoms. The Kier molecular flexibility index (Phi) is 5.51. The number of quaternary nitrogens is 2. The number of hydrogen-bond donors (Lipinski definition) is 4. The number of carbonyl (C=O) groups is 1. The number of piperidine rings is 1. The second kappa shape index (κ2) is 6.95. The molecule has 0 aromatic rings. The highest BCUT2D eigenvalue weighted by atomic mass is 16.8. The van der Waals surface area contributed by atoms with E-state index in [1.165, 1.54) is 4.90 Å². The first-order valence-corrected chi connectivity index (χ1v) is 7.83. The number of nitrogens with one attached hydrogen (secondary N) is 2. The minimum Gasteiger partial charge on any atom is -0.600 e. The van der Waals surface area contributed by atoms with E-state index in [-0.39, 0.29) is 23.9 Å². The quantitative estimate of drug-likeness (QED) is 0.472. The molecule has 0 aromatic carbocycles. The molecule has 5 N–H and O–H groups in total. The van der Waals surface area contributed by atoms with Gasteiger partial charge in [0.25, 0.3) is 0 Å². The van der Waals surface area contributed by atoms with Crippen LogP contribution >= 0.6 is 0 Å². The average molecular weight is 286 g/mol. The summed E-state index contributed by atoms with van der Waals surface area (Å²) < 4.78 is 0. The number of likely N-dealkylation sites (tertiary alicyclic amines) is 1. The molecular weight excluding hydrogens is 258 g/mol. The third-order valence-corrected chi connectivity index (χ3v) is 5.02. The van der Waals surface area contributed by atoms with Crippen LogP contribution in [-0.4, -0.2) is 36.3 Å². The van der Waals surface area contributed by atoms with Gasteiger partial charge in [-0.1, -0.05) is 6.92 Å². The van der Waals surface area contributed by atoms with Crippen LogP contribution in [0.3, 0.4) is 0 Å². The summed E-state index contributed by atoms with van der Waals surface area (Å²) in [6.45, 7) is 3.64. The van der Waals surface area contributed by atoms with E-state index in [4.69, 9.17) is 10.9 Å². The van der Waals surface area contributed by atoms with Gasteiger partial charge < -0.3 is 10.1 Å². The molecule has 1 saturated heterocycles. The highest BCUT2D eigenvalue weighted by Gasteiger charge is 2.34. The topological polar surface area (TPSA) is 95.3 Å². The van der Waals surface area contributed by atoms with Gasteiger partial charge in [-0.25, -0.2) is 10.4 Å². The first-order valence-electron chi connectivity index (χ1n) is 7.83. The van der Waals surface area contributed by atoms with E-state index in [2.05, 4.69) is 6.92 Å². The molecule has 0 spiro atoms. The molecule has 1 saturated carbocycles. The zero-order chi connectivity index (χ0) is 14.7. The zero-order valence-corrected chi connectivity index (χ0v) is 12.3. The molecule has 1 heterocycles. The number of ketones is 1. The summed E-state index contributed by atoms with van der Waals surface area (Å²) in [5.41, 5.74) is 6.14. The lowest BCUT2D eigenvalue weighted by Crippen LogP contribution is -3.19. The molecular formula is C14H28N3O3+. The molecule has 2 rings (SSSR count). The van der Waals surface area contributed by atoms with Crippen LogP contribution in [0.15, 0.2) is 0 Å². The third-order valence-electron chi connectivity index (χ3n) is 5.02. The van der Waals surface area contributed by atoms with E-state index in [0.29, 0.717) is 25.3 Å². The van der Waals surface area contributed by atoms with Gasteiger partial charge in [0.2, 0.25) is 0 Å². The van der Waals surface area contributed by atoms with Gasteiger partial charge in [-0.3, -0.25) is 10.5 Å². The van der Waals surface area contributed by atoms with Crippen LogP contribution in [-0.2, 0) is 4.79 Å². The standard InChI is InChI=1S/C14H27N3O3/c1-10-5-6-16(14(15)7-10)9-13(18)11-3-2-4-12(8-11)17(19)20/h10-12,14,17,19H,2-9,15H2,1H3/p+1. The summed E-state index contributed by atoms with van der Waals surface area (Å²) in [6.07, 6.45) is 5.10. The maximum Gasteiger partial charge on any atom is 0.190 e. The fraction of sp³-hybridized carbons (Fsp3) is 0.929. The van der Waals surface area contributed by atoms with Crippen molar-refractivity contribution in [3.63, 3.8) is 0 Å². The first kappa shape index (κ1) is 15.9. The van der Waals surface area contributed by atoms with E-state index in [0.717, 1.165) is 32.2 Å². The first-order chi connectivity index (χ1) is 9.47. The molecule has 6 atom stereocenters. The second-order valence-corrected chi connectivity index (χ2v) is 6.69. The lowest BCUT2D eigenvalue weighted by molar-refractivity contribution is -1.07. The molecule has 0 radical (unpaired) electrons. The lowest BCUT2D eigenvalue weighted by atomic mass is 9.83. The molecule has 0 amide bonds. The van der Waals surface area contributed by atoms with E-state index in [1.807, 2.05) is 0 Å². The molecule has 6 heteroatoms. The average Bonchev–Trinajstić information content (AvgIpc) is 2.42. The molecule has 6 unspecified atom stereocenters. The largest absolute Gasteiger partial charge is 0.600 e. The van der Waals surface area contributed by atoms with Gasteiger partial charge in [0.1, 0.15) is 18.8 Å². The summed E-state index contributed by atoms with van der Waals surface area (Å²) in [4.78, 5) is 13.6. The van der Waals surface area contributed by atoms with Gasteiger partial charge in [0.15, 0.2) is 5.78 Å². The van der Waals surface area contributed by atoms with Gasteiger partial charge in [0.05, 0.1) is 6.54 Å². The van der Waals surface area contributed by atoms with Crippen LogP contribution in [0.2, 0.25) is 0 Å². The fourth-order valence-electron chi connectivity index (χ4n) is 3.63. The maximum absolute atomic E-state index is 12.4. The van der Waals surface area contributed by atoms with Gasteiger partial charge in [0, 0.05) is 25.2 Å². The highest BCUT2D eigenvalue weighted by molar-refractivity contribution is 5.82. The van der Waals surface area contributed by atoms with E-state index in [9.17, 15) is 10.0 Å². The van der Waals surface area contributed by atoms with Crippen molar-refractivity contribution >= 4 is 5.78 Å². The number of hydroxylamine groups is 2. The Bertz CT molecular complexity index is 338. The molecule has 0 bridgehead atoms. The summed E-state index contributed by atoms with van der Waals surface area (Å²) in [5.74, 6) is 0.801. The van der Waals surface area contributed by atoms with Crippen molar-refractivity contribution in [1.82, 2.24) is 0 Å². The second-order valence-electron chi connectivity index (χ2n) is 6.69. The van der Waals surface area contributed by atoms with Gasteiger partial charge >= 0.3 is 0 Å². The van der Waals surface area contributed by atoms with E-state index >= 15 is 0 Å².